The lowest BCUT2D eigenvalue weighted by molar-refractivity contribution is -0.133. The van der Waals surface area contributed by atoms with Gasteiger partial charge in [0, 0.05) is 38.7 Å². The Balaban J connectivity index is 1.57. The number of nitrogens with zero attached hydrogens (tertiary/aromatic N) is 4. The van der Waals surface area contributed by atoms with Gasteiger partial charge in [0.25, 0.3) is 0 Å². The molecule has 0 radical (unpaired) electrons. The number of fused-ring (bicyclic) bond motifs is 4. The number of hydrogen-bond donors (Lipinski definition) is 4. The number of carbonyl (C=O) groups excluding carboxylic acids is 4. The van der Waals surface area contributed by atoms with Crippen molar-refractivity contribution in [3.8, 4) is 5.75 Å². The van der Waals surface area contributed by atoms with Crippen LogP contribution < -0.4 is 26.4 Å². The molecular formula is C32H42N8O5. The monoisotopic (exact) mass is 618 g/mol. The summed E-state index contributed by atoms with van der Waals surface area (Å²) >= 11 is 0. The Labute approximate surface area is 262 Å². The second kappa shape index (κ2) is 16.3. The van der Waals surface area contributed by atoms with E-state index in [0.717, 1.165) is 11.1 Å². The molecule has 1 aliphatic heterocycles. The van der Waals surface area contributed by atoms with Crippen molar-refractivity contribution in [2.24, 2.45) is 11.7 Å². The molecule has 4 rings (SSSR count). The van der Waals surface area contributed by atoms with Gasteiger partial charge in [-0.2, -0.15) is 0 Å². The average molecular weight is 619 g/mol. The molecule has 4 amide bonds. The fourth-order valence-electron chi connectivity index (χ4n) is 5.01. The molecule has 45 heavy (non-hydrogen) atoms. The second-order valence-electron chi connectivity index (χ2n) is 11.3. The van der Waals surface area contributed by atoms with Crippen LogP contribution in [-0.4, -0.2) is 88.4 Å². The van der Waals surface area contributed by atoms with Gasteiger partial charge < -0.3 is 31.3 Å². The lowest BCUT2D eigenvalue weighted by Gasteiger charge is -2.26. The van der Waals surface area contributed by atoms with Crippen molar-refractivity contribution in [3.63, 3.8) is 0 Å². The largest absolute Gasteiger partial charge is 0.492 e. The zero-order valence-electron chi connectivity index (χ0n) is 25.8. The summed E-state index contributed by atoms with van der Waals surface area (Å²) in [7, 11) is 0. The van der Waals surface area contributed by atoms with Crippen molar-refractivity contribution in [1.82, 2.24) is 35.8 Å². The molecule has 1 aliphatic rings. The maximum Gasteiger partial charge on any atom is 0.243 e. The van der Waals surface area contributed by atoms with Crippen LogP contribution in [0.2, 0.25) is 0 Å². The van der Waals surface area contributed by atoms with Gasteiger partial charge >= 0.3 is 0 Å². The first-order valence-electron chi connectivity index (χ1n) is 15.2. The summed E-state index contributed by atoms with van der Waals surface area (Å²) in [5.74, 6) is -1.10. The first kappa shape index (κ1) is 33.1. The molecular weight excluding hydrogens is 576 g/mol. The number of nitrogens with one attached hydrogen (secondary N) is 3. The molecule has 0 spiro atoms. The Hall–Kier alpha value is -4.78. The highest BCUT2D eigenvalue weighted by Crippen LogP contribution is 2.15. The zero-order valence-corrected chi connectivity index (χ0v) is 25.8. The van der Waals surface area contributed by atoms with Crippen molar-refractivity contribution in [3.05, 3.63) is 77.6 Å². The Bertz CT molecular complexity index is 1440. The molecule has 2 aromatic carbocycles. The summed E-state index contributed by atoms with van der Waals surface area (Å²) in [6.45, 7) is 4.98. The highest BCUT2D eigenvalue weighted by Gasteiger charge is 2.29. The first-order chi connectivity index (χ1) is 21.7. The minimum Gasteiger partial charge on any atom is -0.492 e. The predicted molar refractivity (Wildman–Crippen MR) is 167 cm³/mol. The number of hydrogen-bond acceptors (Lipinski definition) is 8. The van der Waals surface area contributed by atoms with E-state index in [1.54, 1.807) is 34.0 Å². The van der Waals surface area contributed by atoms with E-state index in [-0.39, 0.29) is 50.2 Å². The van der Waals surface area contributed by atoms with E-state index in [2.05, 4.69) is 26.3 Å². The number of carbonyl (C=O) groups is 4. The van der Waals surface area contributed by atoms with E-state index in [1.165, 1.54) is 0 Å². The molecule has 4 bridgehead atoms. The molecule has 5 N–H and O–H groups in total. The van der Waals surface area contributed by atoms with Crippen LogP contribution in [-0.2, 0) is 45.0 Å². The van der Waals surface area contributed by atoms with Crippen LogP contribution in [0.3, 0.4) is 0 Å². The van der Waals surface area contributed by atoms with Crippen LogP contribution in [0.15, 0.2) is 60.8 Å². The normalized spacial score (nSPS) is 19.2. The predicted octanol–water partition coefficient (Wildman–Crippen LogP) is 0.228. The van der Waals surface area contributed by atoms with Crippen molar-refractivity contribution in [1.29, 1.82) is 0 Å². The minimum atomic E-state index is -0.915. The van der Waals surface area contributed by atoms with Gasteiger partial charge in [-0.1, -0.05) is 61.5 Å². The van der Waals surface area contributed by atoms with Crippen LogP contribution in [0.4, 0.5) is 0 Å². The third kappa shape index (κ3) is 10.1. The Morgan fingerprint density at radius 1 is 1.02 bits per heavy atom. The molecule has 13 heteroatoms. The van der Waals surface area contributed by atoms with Crippen LogP contribution in [0.5, 0.6) is 5.75 Å². The summed E-state index contributed by atoms with van der Waals surface area (Å²) in [4.78, 5) is 54.2. The lowest BCUT2D eigenvalue weighted by Crippen LogP contribution is -2.56. The van der Waals surface area contributed by atoms with Gasteiger partial charge in [-0.25, -0.2) is 4.68 Å². The van der Waals surface area contributed by atoms with Crippen molar-refractivity contribution in [2.75, 3.05) is 32.8 Å². The van der Waals surface area contributed by atoms with E-state index >= 15 is 0 Å². The Morgan fingerprint density at radius 3 is 2.58 bits per heavy atom. The number of benzene rings is 2. The highest BCUT2D eigenvalue weighted by molar-refractivity contribution is 5.92. The zero-order chi connectivity index (χ0) is 32.2. The molecule has 2 heterocycles. The van der Waals surface area contributed by atoms with Gasteiger partial charge in [0.05, 0.1) is 25.2 Å². The number of ether oxygens (including phenoxy) is 1. The smallest absolute Gasteiger partial charge is 0.243 e. The van der Waals surface area contributed by atoms with Crippen LogP contribution in [0.25, 0.3) is 0 Å². The quantitative estimate of drug-likeness (QED) is 0.322. The van der Waals surface area contributed by atoms with Crippen molar-refractivity contribution >= 4 is 23.6 Å². The number of nitrogens with two attached hydrogens (primary N) is 1. The van der Waals surface area contributed by atoms with Gasteiger partial charge in [-0.05, 0) is 29.2 Å². The van der Waals surface area contributed by atoms with E-state index in [4.69, 9.17) is 10.5 Å². The fraction of sp³-hybridized carbons (Fsp3) is 0.438. The fourth-order valence-corrected chi connectivity index (χ4v) is 5.01. The summed E-state index contributed by atoms with van der Waals surface area (Å²) in [5.41, 5.74) is 7.94. The third-order valence-electron chi connectivity index (χ3n) is 7.47. The van der Waals surface area contributed by atoms with Crippen molar-refractivity contribution < 1.29 is 23.9 Å². The van der Waals surface area contributed by atoms with Gasteiger partial charge in [0.15, 0.2) is 0 Å². The number of aromatic nitrogens is 3. The van der Waals surface area contributed by atoms with Gasteiger partial charge in [-0.3, -0.25) is 19.2 Å². The average Bonchev–Trinajstić information content (AvgIpc) is 3.48. The SMILES string of the molecule is CC(C)C1NC(=O)Cc2cccc(c2)OCCn2cc(nn2)CCN(C(=O)CN)CCNC(=O)[C@H](Cc2ccccc2)NC1=O. The standard InChI is InChI=1S/C32H42N8O5/c1-22(2)30-32(44)35-27(18-23-7-4-3-5-8-23)31(43)34-12-14-39(29(42)20-33)13-11-25-21-40(38-37-25)15-16-45-26-10-6-9-24(17-26)19-28(41)36-30/h3-10,17,21-22,27,30H,11-16,18-20,33H2,1-2H3,(H,34,43)(H,35,44)(H,36,41)/t27-,30?/m0/s1. The van der Waals surface area contributed by atoms with E-state index in [1.807, 2.05) is 50.2 Å². The molecule has 3 aromatic rings. The van der Waals surface area contributed by atoms with Crippen LogP contribution in [0.1, 0.15) is 30.7 Å². The number of rotatable bonds is 4. The molecule has 240 valence electrons. The summed E-state index contributed by atoms with van der Waals surface area (Å²) in [6, 6.07) is 14.8. The van der Waals surface area contributed by atoms with Crippen molar-refractivity contribution in [2.45, 2.75) is 51.7 Å². The molecule has 0 saturated heterocycles. The third-order valence-corrected chi connectivity index (χ3v) is 7.47. The Morgan fingerprint density at radius 2 is 1.82 bits per heavy atom. The van der Waals surface area contributed by atoms with Gasteiger partial charge in [-0.15, -0.1) is 5.10 Å². The van der Waals surface area contributed by atoms with Crippen LogP contribution in [0, 0.1) is 5.92 Å². The molecule has 1 aromatic heterocycles. The maximum absolute atomic E-state index is 13.5. The first-order valence-corrected chi connectivity index (χ1v) is 15.2. The number of amides is 4. The molecule has 0 saturated carbocycles. The van der Waals surface area contributed by atoms with E-state index in [0.29, 0.717) is 37.6 Å². The van der Waals surface area contributed by atoms with E-state index in [9.17, 15) is 19.2 Å². The summed E-state index contributed by atoms with van der Waals surface area (Å²) < 4.78 is 7.56. The molecule has 0 fully saturated rings. The molecule has 0 aliphatic carbocycles. The van der Waals surface area contributed by atoms with Crippen LogP contribution >= 0.6 is 0 Å². The minimum absolute atomic E-state index is 0.0477. The molecule has 13 nitrogen and oxygen atoms in total. The summed E-state index contributed by atoms with van der Waals surface area (Å²) in [6.07, 6.45) is 2.54. The van der Waals surface area contributed by atoms with E-state index < -0.39 is 23.9 Å². The summed E-state index contributed by atoms with van der Waals surface area (Å²) in [5, 5.41) is 16.9. The second-order valence-corrected chi connectivity index (χ2v) is 11.3. The van der Waals surface area contributed by atoms with Gasteiger partial charge in [0.2, 0.25) is 23.6 Å². The lowest BCUT2D eigenvalue weighted by atomic mass is 10.0. The molecule has 1 unspecified atom stereocenters. The topological polar surface area (TPSA) is 174 Å². The highest BCUT2D eigenvalue weighted by atomic mass is 16.5. The molecule has 2 atom stereocenters. The maximum atomic E-state index is 13.5. The van der Waals surface area contributed by atoms with Gasteiger partial charge in [0.1, 0.15) is 24.4 Å². The Kier molecular flexibility index (Phi) is 12.0.